The number of hydrogen-bond donors (Lipinski definition) is 3. The summed E-state index contributed by atoms with van der Waals surface area (Å²) >= 11 is 0. The minimum Gasteiger partial charge on any atom is -0.481 e. The van der Waals surface area contributed by atoms with Crippen LogP contribution in [0.15, 0.2) is 18.3 Å². The second kappa shape index (κ2) is 8.04. The largest absolute Gasteiger partial charge is 0.481 e. The molecule has 3 N–H and O–H groups in total. The van der Waals surface area contributed by atoms with E-state index in [1.807, 2.05) is 0 Å². The Labute approximate surface area is 142 Å². The predicted molar refractivity (Wildman–Crippen MR) is 83.1 cm³/mol. The van der Waals surface area contributed by atoms with Gasteiger partial charge >= 0.3 is 18.2 Å². The Balaban J connectivity index is 1.63. The Hall–Kier alpha value is -2.52. The summed E-state index contributed by atoms with van der Waals surface area (Å²) in [6.07, 6.45) is -2.66. The average molecular weight is 360 g/mol. The highest BCUT2D eigenvalue weighted by Crippen LogP contribution is 2.28. The van der Waals surface area contributed by atoms with Gasteiger partial charge in [-0.25, -0.2) is 9.78 Å². The van der Waals surface area contributed by atoms with E-state index in [9.17, 15) is 22.8 Å². The van der Waals surface area contributed by atoms with Gasteiger partial charge in [-0.1, -0.05) is 0 Å². The molecule has 1 fully saturated rings. The zero-order valence-electron chi connectivity index (χ0n) is 13.3. The molecule has 2 rings (SSSR count). The van der Waals surface area contributed by atoms with Gasteiger partial charge in [-0.3, -0.25) is 4.79 Å². The van der Waals surface area contributed by atoms with Crippen LogP contribution in [0.1, 0.15) is 18.4 Å². The molecule has 0 aliphatic carbocycles. The van der Waals surface area contributed by atoms with Crippen LogP contribution >= 0.6 is 0 Å². The number of hydrogen-bond acceptors (Lipinski definition) is 4. The van der Waals surface area contributed by atoms with Crippen molar-refractivity contribution in [2.45, 2.75) is 19.0 Å². The van der Waals surface area contributed by atoms with E-state index in [2.05, 4.69) is 15.6 Å². The first kappa shape index (κ1) is 18.8. The second-order valence-corrected chi connectivity index (χ2v) is 5.71. The van der Waals surface area contributed by atoms with Crippen LogP contribution in [0, 0.1) is 5.92 Å². The number of nitrogens with one attached hydrogen (secondary N) is 2. The minimum atomic E-state index is -4.41. The number of carboxylic acids is 1. The Morgan fingerprint density at radius 2 is 2.08 bits per heavy atom. The zero-order chi connectivity index (χ0) is 18.4. The van der Waals surface area contributed by atoms with E-state index in [0.717, 1.165) is 12.3 Å². The molecule has 2 heterocycles. The summed E-state index contributed by atoms with van der Waals surface area (Å²) in [5.41, 5.74) is -0.810. The molecule has 0 spiro atoms. The highest BCUT2D eigenvalue weighted by molar-refractivity contribution is 5.77. The Bertz CT molecular complexity index is 607. The third kappa shape index (κ3) is 5.50. The molecule has 138 valence electrons. The van der Waals surface area contributed by atoms with Crippen LogP contribution in [0.4, 0.5) is 23.8 Å². The number of carbonyl (C=O) groups is 2. The lowest BCUT2D eigenvalue weighted by atomic mass is 10.1. The van der Waals surface area contributed by atoms with Crippen molar-refractivity contribution in [2.75, 3.05) is 31.5 Å². The molecule has 1 aromatic rings. The maximum Gasteiger partial charge on any atom is 0.417 e. The first-order valence-electron chi connectivity index (χ1n) is 7.80. The third-order valence-corrected chi connectivity index (χ3v) is 3.85. The van der Waals surface area contributed by atoms with Crippen LogP contribution in [-0.2, 0) is 11.0 Å². The van der Waals surface area contributed by atoms with E-state index < -0.39 is 23.6 Å². The maximum atomic E-state index is 12.4. The number of amides is 2. The van der Waals surface area contributed by atoms with Crippen LogP contribution in [0.2, 0.25) is 0 Å². The van der Waals surface area contributed by atoms with Gasteiger partial charge in [0, 0.05) is 32.4 Å². The number of pyridine rings is 1. The number of anilines is 1. The topological polar surface area (TPSA) is 94.6 Å². The molecule has 0 aromatic carbocycles. The molecule has 1 aliphatic rings. The number of carboxylic acid groups (broad SMARTS) is 1. The van der Waals surface area contributed by atoms with Gasteiger partial charge in [0.15, 0.2) is 0 Å². The fourth-order valence-electron chi connectivity index (χ4n) is 2.42. The molecule has 1 aromatic heterocycles. The Morgan fingerprint density at radius 1 is 1.32 bits per heavy atom. The second-order valence-electron chi connectivity index (χ2n) is 5.71. The molecule has 1 saturated heterocycles. The van der Waals surface area contributed by atoms with Gasteiger partial charge in [0.05, 0.1) is 11.5 Å². The fraction of sp³-hybridized carbons (Fsp3) is 0.533. The molecular weight excluding hydrogens is 341 g/mol. The number of carbonyl (C=O) groups excluding carboxylic acids is 1. The van der Waals surface area contributed by atoms with E-state index >= 15 is 0 Å². The van der Waals surface area contributed by atoms with E-state index in [1.54, 1.807) is 0 Å². The van der Waals surface area contributed by atoms with Crippen molar-refractivity contribution in [3.05, 3.63) is 23.9 Å². The summed E-state index contributed by atoms with van der Waals surface area (Å²) in [7, 11) is 0. The highest BCUT2D eigenvalue weighted by atomic mass is 19.4. The molecule has 0 radical (unpaired) electrons. The van der Waals surface area contributed by atoms with Crippen LogP contribution < -0.4 is 10.6 Å². The lowest BCUT2D eigenvalue weighted by molar-refractivity contribution is -0.141. The van der Waals surface area contributed by atoms with Gasteiger partial charge in [-0.2, -0.15) is 13.2 Å². The predicted octanol–water partition coefficient (Wildman–Crippen LogP) is 2.02. The van der Waals surface area contributed by atoms with Crippen LogP contribution in [0.3, 0.4) is 0 Å². The molecule has 1 unspecified atom stereocenters. The van der Waals surface area contributed by atoms with E-state index in [0.29, 0.717) is 38.3 Å². The maximum absolute atomic E-state index is 12.4. The van der Waals surface area contributed by atoms with Crippen molar-refractivity contribution in [3.63, 3.8) is 0 Å². The van der Waals surface area contributed by atoms with Crippen LogP contribution in [0.25, 0.3) is 0 Å². The first-order chi connectivity index (χ1) is 11.8. The molecule has 1 atom stereocenters. The molecule has 10 heteroatoms. The third-order valence-electron chi connectivity index (χ3n) is 3.85. The first-order valence-corrected chi connectivity index (χ1v) is 7.80. The van der Waals surface area contributed by atoms with Gasteiger partial charge in [0.25, 0.3) is 0 Å². The molecule has 0 saturated carbocycles. The number of aromatic nitrogens is 1. The van der Waals surface area contributed by atoms with Crippen molar-refractivity contribution in [3.8, 4) is 0 Å². The molecule has 2 amide bonds. The van der Waals surface area contributed by atoms with Crippen molar-refractivity contribution in [2.24, 2.45) is 5.92 Å². The Morgan fingerprint density at radius 3 is 2.64 bits per heavy atom. The lowest BCUT2D eigenvalue weighted by Crippen LogP contribution is -2.39. The minimum absolute atomic E-state index is 0.203. The molecular formula is C15H19F3N4O3. The van der Waals surface area contributed by atoms with Crippen molar-refractivity contribution >= 4 is 17.8 Å². The van der Waals surface area contributed by atoms with Gasteiger partial charge in [0.2, 0.25) is 0 Å². The van der Waals surface area contributed by atoms with E-state index in [-0.39, 0.29) is 12.6 Å². The lowest BCUT2D eigenvalue weighted by Gasteiger charge is -2.16. The quantitative estimate of drug-likeness (QED) is 0.675. The monoisotopic (exact) mass is 360 g/mol. The number of rotatable bonds is 6. The summed E-state index contributed by atoms with van der Waals surface area (Å²) in [6, 6.07) is 1.89. The van der Waals surface area contributed by atoms with Crippen molar-refractivity contribution < 1.29 is 27.9 Å². The van der Waals surface area contributed by atoms with Gasteiger partial charge in [-0.15, -0.1) is 0 Å². The standard InChI is InChI=1S/C15H19F3N4O3/c16-15(17,18)11-2-3-12(21-8-11)19-5-1-6-20-14(25)22-7-4-10(9-22)13(23)24/h2-3,8,10H,1,4-7,9H2,(H,19,21)(H,20,25)(H,23,24). The summed E-state index contributed by atoms with van der Waals surface area (Å²) in [5.74, 6) is -1.09. The number of urea groups is 1. The van der Waals surface area contributed by atoms with Gasteiger partial charge in [0.1, 0.15) is 5.82 Å². The van der Waals surface area contributed by atoms with Gasteiger partial charge < -0.3 is 20.6 Å². The van der Waals surface area contributed by atoms with E-state index in [4.69, 9.17) is 5.11 Å². The summed E-state index contributed by atoms with van der Waals surface area (Å²) in [4.78, 5) is 27.9. The molecule has 0 bridgehead atoms. The number of aliphatic carboxylic acids is 1. The van der Waals surface area contributed by atoms with Crippen molar-refractivity contribution in [1.82, 2.24) is 15.2 Å². The van der Waals surface area contributed by atoms with Crippen molar-refractivity contribution in [1.29, 1.82) is 0 Å². The normalized spacial score (nSPS) is 17.4. The molecule has 1 aliphatic heterocycles. The van der Waals surface area contributed by atoms with Crippen LogP contribution in [-0.4, -0.2) is 53.2 Å². The fourth-order valence-corrected chi connectivity index (χ4v) is 2.42. The Kier molecular flexibility index (Phi) is 6.05. The summed E-state index contributed by atoms with van der Waals surface area (Å²) < 4.78 is 37.2. The van der Waals surface area contributed by atoms with Gasteiger partial charge in [-0.05, 0) is 25.0 Å². The number of nitrogens with zero attached hydrogens (tertiary/aromatic N) is 2. The van der Waals surface area contributed by atoms with Crippen LogP contribution in [0.5, 0.6) is 0 Å². The zero-order valence-corrected chi connectivity index (χ0v) is 13.3. The molecule has 7 nitrogen and oxygen atoms in total. The SMILES string of the molecule is O=C(O)C1CCN(C(=O)NCCCNc2ccc(C(F)(F)F)cn2)C1. The molecule has 25 heavy (non-hydrogen) atoms. The smallest absolute Gasteiger partial charge is 0.417 e. The number of halogens is 3. The number of alkyl halides is 3. The average Bonchev–Trinajstić information content (AvgIpc) is 3.04. The number of likely N-dealkylation sites (tertiary alicyclic amines) is 1. The van der Waals surface area contributed by atoms with E-state index in [1.165, 1.54) is 11.0 Å². The highest BCUT2D eigenvalue weighted by Gasteiger charge is 2.31. The summed E-state index contributed by atoms with van der Waals surface area (Å²) in [6.45, 7) is 1.41. The summed E-state index contributed by atoms with van der Waals surface area (Å²) in [5, 5.41) is 14.4.